The number of hydrogen-bond acceptors (Lipinski definition) is 4. The Hall–Kier alpha value is -3.15. The molecule has 3 heterocycles. The summed E-state index contributed by atoms with van der Waals surface area (Å²) >= 11 is 0. The third kappa shape index (κ3) is 1.85. The summed E-state index contributed by atoms with van der Waals surface area (Å²) < 4.78 is 4.09. The van der Waals surface area contributed by atoms with Gasteiger partial charge in [0.2, 0.25) is 0 Å². The van der Waals surface area contributed by atoms with Gasteiger partial charge in [0.15, 0.2) is 5.65 Å². The third-order valence-corrected chi connectivity index (χ3v) is 3.70. The van der Waals surface area contributed by atoms with Gasteiger partial charge in [-0.05, 0) is 30.7 Å². The van der Waals surface area contributed by atoms with Crippen LogP contribution >= 0.6 is 0 Å². The van der Waals surface area contributed by atoms with Gasteiger partial charge in [0.1, 0.15) is 0 Å². The Balaban J connectivity index is 2.00. The van der Waals surface area contributed by atoms with E-state index in [-0.39, 0.29) is 0 Å². The monoisotopic (exact) mass is 290 g/mol. The Bertz CT molecular complexity index is 951. The zero-order valence-corrected chi connectivity index (χ0v) is 12.0. The van der Waals surface area contributed by atoms with Gasteiger partial charge in [-0.1, -0.05) is 6.07 Å². The van der Waals surface area contributed by atoms with E-state index in [1.54, 1.807) is 12.4 Å². The number of imidazole rings is 1. The van der Waals surface area contributed by atoms with Gasteiger partial charge in [-0.25, -0.2) is 9.50 Å². The highest BCUT2D eigenvalue weighted by Gasteiger charge is 2.12. The Kier molecular flexibility index (Phi) is 2.69. The summed E-state index contributed by atoms with van der Waals surface area (Å²) in [5.74, 6) is 0. The van der Waals surface area contributed by atoms with Crippen molar-refractivity contribution in [3.8, 4) is 16.9 Å². The number of nitrogens with two attached hydrogens (primary N) is 1. The highest BCUT2D eigenvalue weighted by Crippen LogP contribution is 2.24. The molecule has 0 bridgehead atoms. The minimum Gasteiger partial charge on any atom is -0.399 e. The maximum Gasteiger partial charge on any atom is 0.154 e. The van der Waals surface area contributed by atoms with Crippen molar-refractivity contribution >= 4 is 11.3 Å². The van der Waals surface area contributed by atoms with Crippen molar-refractivity contribution in [1.82, 2.24) is 24.4 Å². The van der Waals surface area contributed by atoms with E-state index in [4.69, 9.17) is 5.73 Å². The first kappa shape index (κ1) is 12.6. The van der Waals surface area contributed by atoms with Crippen LogP contribution in [0.15, 0.2) is 55.1 Å². The fraction of sp³-hybridized carbons (Fsp3) is 0.0625. The highest BCUT2D eigenvalue weighted by atomic mass is 15.4. The zero-order chi connectivity index (χ0) is 15.1. The Morgan fingerprint density at radius 3 is 2.77 bits per heavy atom. The minimum absolute atomic E-state index is 0.731. The van der Waals surface area contributed by atoms with Crippen LogP contribution in [0.5, 0.6) is 0 Å². The summed E-state index contributed by atoms with van der Waals surface area (Å²) in [5.41, 5.74) is 11.6. The van der Waals surface area contributed by atoms with Crippen LogP contribution in [0.3, 0.4) is 0 Å². The molecule has 4 rings (SSSR count). The maximum atomic E-state index is 5.95. The van der Waals surface area contributed by atoms with Crippen molar-refractivity contribution in [3.63, 3.8) is 0 Å². The van der Waals surface area contributed by atoms with Gasteiger partial charge in [-0.15, -0.1) is 0 Å². The van der Waals surface area contributed by atoms with E-state index >= 15 is 0 Å². The van der Waals surface area contributed by atoms with Crippen LogP contribution in [0.1, 0.15) is 5.56 Å². The van der Waals surface area contributed by atoms with Crippen molar-refractivity contribution in [3.05, 3.63) is 60.7 Å². The van der Waals surface area contributed by atoms with Gasteiger partial charge < -0.3 is 5.73 Å². The van der Waals surface area contributed by atoms with Gasteiger partial charge in [0, 0.05) is 23.5 Å². The zero-order valence-electron chi connectivity index (χ0n) is 12.0. The molecule has 1 aromatic carbocycles. The molecule has 0 atom stereocenters. The normalized spacial score (nSPS) is 11.1. The van der Waals surface area contributed by atoms with Crippen molar-refractivity contribution in [2.45, 2.75) is 6.92 Å². The molecular formula is C16H14N6. The van der Waals surface area contributed by atoms with Gasteiger partial charge in [-0.2, -0.15) is 10.2 Å². The SMILES string of the molecule is Cc1ccc(N)cc1-n1ccc2ncc(-c3ccnnc3)n21. The van der Waals surface area contributed by atoms with Crippen LogP contribution in [0.2, 0.25) is 0 Å². The number of rotatable bonds is 2. The summed E-state index contributed by atoms with van der Waals surface area (Å²) in [4.78, 5) is 4.46. The number of anilines is 1. The van der Waals surface area contributed by atoms with Gasteiger partial charge >= 0.3 is 0 Å². The second-order valence-corrected chi connectivity index (χ2v) is 5.15. The fourth-order valence-corrected chi connectivity index (χ4v) is 2.60. The number of hydrogen-bond donors (Lipinski definition) is 1. The summed E-state index contributed by atoms with van der Waals surface area (Å²) in [6, 6.07) is 9.77. The van der Waals surface area contributed by atoms with E-state index in [1.807, 2.05) is 51.9 Å². The molecule has 6 heteroatoms. The predicted molar refractivity (Wildman–Crippen MR) is 84.7 cm³/mol. The first-order valence-electron chi connectivity index (χ1n) is 6.93. The molecule has 6 nitrogen and oxygen atoms in total. The number of aromatic nitrogens is 5. The second-order valence-electron chi connectivity index (χ2n) is 5.15. The second kappa shape index (κ2) is 4.70. The van der Waals surface area contributed by atoms with E-state index in [0.29, 0.717) is 0 Å². The number of benzene rings is 1. The molecule has 2 N–H and O–H groups in total. The van der Waals surface area contributed by atoms with Gasteiger partial charge in [-0.3, -0.25) is 4.68 Å². The molecule has 0 amide bonds. The maximum absolute atomic E-state index is 5.95. The van der Waals surface area contributed by atoms with Gasteiger partial charge in [0.05, 0.1) is 30.0 Å². The fourth-order valence-electron chi connectivity index (χ4n) is 2.60. The molecule has 0 aliphatic rings. The molecule has 108 valence electrons. The number of aryl methyl sites for hydroxylation is 1. The lowest BCUT2D eigenvalue weighted by molar-refractivity contribution is 0.804. The number of nitrogens with zero attached hydrogens (tertiary/aromatic N) is 5. The molecule has 0 unspecified atom stereocenters. The number of fused-ring (bicyclic) bond motifs is 1. The van der Waals surface area contributed by atoms with E-state index in [9.17, 15) is 0 Å². The topological polar surface area (TPSA) is 74.0 Å². The lowest BCUT2D eigenvalue weighted by Gasteiger charge is -2.12. The molecular weight excluding hydrogens is 276 g/mol. The standard InChI is InChI=1S/C16H14N6/c1-11-2-3-13(17)8-14(11)21-7-5-16-18-10-15(22(16)21)12-4-6-19-20-9-12/h2-10H,17H2,1H3. The Labute approximate surface area is 126 Å². The van der Waals surface area contributed by atoms with Gasteiger partial charge in [0.25, 0.3) is 0 Å². The quantitative estimate of drug-likeness (QED) is 0.575. The summed E-state index contributed by atoms with van der Waals surface area (Å²) in [5, 5.41) is 7.77. The Morgan fingerprint density at radius 1 is 1.05 bits per heavy atom. The lowest BCUT2D eigenvalue weighted by atomic mass is 10.2. The summed E-state index contributed by atoms with van der Waals surface area (Å²) in [6.45, 7) is 2.06. The molecule has 0 saturated carbocycles. The summed E-state index contributed by atoms with van der Waals surface area (Å²) in [6.07, 6.45) is 7.23. The van der Waals surface area contributed by atoms with Crippen LogP contribution in [0.25, 0.3) is 22.6 Å². The summed E-state index contributed by atoms with van der Waals surface area (Å²) in [7, 11) is 0. The Morgan fingerprint density at radius 2 is 1.95 bits per heavy atom. The first-order chi connectivity index (χ1) is 10.7. The predicted octanol–water partition coefficient (Wildman–Crippen LogP) is 2.47. The first-order valence-corrected chi connectivity index (χ1v) is 6.93. The van der Waals surface area contributed by atoms with Crippen LogP contribution in [0, 0.1) is 6.92 Å². The molecule has 22 heavy (non-hydrogen) atoms. The molecule has 0 saturated heterocycles. The van der Waals surface area contributed by atoms with Crippen LogP contribution in [-0.2, 0) is 0 Å². The highest BCUT2D eigenvalue weighted by molar-refractivity contribution is 5.63. The average molecular weight is 290 g/mol. The molecule has 0 aliphatic heterocycles. The lowest BCUT2D eigenvalue weighted by Crippen LogP contribution is -2.05. The van der Waals surface area contributed by atoms with Crippen LogP contribution < -0.4 is 5.73 Å². The van der Waals surface area contributed by atoms with E-state index in [2.05, 4.69) is 22.1 Å². The third-order valence-electron chi connectivity index (χ3n) is 3.70. The van der Waals surface area contributed by atoms with E-state index in [1.165, 1.54) is 0 Å². The largest absolute Gasteiger partial charge is 0.399 e. The molecule has 0 fully saturated rings. The van der Waals surface area contributed by atoms with Crippen LogP contribution in [-0.4, -0.2) is 24.4 Å². The number of nitrogen functional groups attached to an aromatic ring is 1. The molecule has 0 spiro atoms. The molecule has 0 aliphatic carbocycles. The van der Waals surface area contributed by atoms with Crippen molar-refractivity contribution < 1.29 is 0 Å². The van der Waals surface area contributed by atoms with Crippen LogP contribution in [0.4, 0.5) is 5.69 Å². The average Bonchev–Trinajstić information content (AvgIpc) is 3.12. The van der Waals surface area contributed by atoms with E-state index < -0.39 is 0 Å². The van der Waals surface area contributed by atoms with E-state index in [0.717, 1.165) is 33.8 Å². The molecule has 0 radical (unpaired) electrons. The van der Waals surface area contributed by atoms with Crippen molar-refractivity contribution in [1.29, 1.82) is 0 Å². The van der Waals surface area contributed by atoms with Crippen molar-refractivity contribution in [2.24, 2.45) is 0 Å². The minimum atomic E-state index is 0.731. The van der Waals surface area contributed by atoms with Crippen molar-refractivity contribution in [2.75, 3.05) is 5.73 Å². The molecule has 3 aromatic heterocycles. The smallest absolute Gasteiger partial charge is 0.154 e. The molecule has 4 aromatic rings.